The number of thiophene rings is 1. The van der Waals surface area contributed by atoms with Crippen molar-refractivity contribution in [2.75, 3.05) is 6.54 Å². The third-order valence-corrected chi connectivity index (χ3v) is 5.25. The summed E-state index contributed by atoms with van der Waals surface area (Å²) in [4.78, 5) is 2.62. The van der Waals surface area contributed by atoms with Gasteiger partial charge in [0.1, 0.15) is 0 Å². The van der Waals surface area contributed by atoms with Gasteiger partial charge in [0.15, 0.2) is 0 Å². The number of halogens is 2. The van der Waals surface area contributed by atoms with E-state index in [0.29, 0.717) is 6.04 Å². The Hall–Kier alpha value is -0.350. The van der Waals surface area contributed by atoms with Gasteiger partial charge < -0.3 is 5.32 Å². The van der Waals surface area contributed by atoms with E-state index in [1.54, 1.807) is 0 Å². The first-order chi connectivity index (χ1) is 9.65. The molecule has 2 rings (SSSR count). The van der Waals surface area contributed by atoms with Crippen molar-refractivity contribution in [1.29, 1.82) is 0 Å². The Labute approximate surface area is 138 Å². The minimum Gasteiger partial charge on any atom is -0.310 e. The van der Waals surface area contributed by atoms with Crippen LogP contribution in [0.15, 0.2) is 34.8 Å². The summed E-state index contributed by atoms with van der Waals surface area (Å²) in [5.74, 6) is 0. The van der Waals surface area contributed by atoms with Gasteiger partial charge in [-0.3, -0.25) is 0 Å². The van der Waals surface area contributed by atoms with Crippen LogP contribution >= 0.6 is 38.9 Å². The van der Waals surface area contributed by atoms with E-state index in [4.69, 9.17) is 11.6 Å². The average molecular weight is 373 g/mol. The molecular formula is C16H19BrClNS. The molecule has 0 amide bonds. The van der Waals surface area contributed by atoms with Crippen molar-refractivity contribution in [2.45, 2.75) is 32.7 Å². The van der Waals surface area contributed by atoms with E-state index >= 15 is 0 Å². The zero-order valence-corrected chi connectivity index (χ0v) is 14.9. The Morgan fingerprint density at radius 3 is 2.75 bits per heavy atom. The minimum atomic E-state index is 0.453. The van der Waals surface area contributed by atoms with Gasteiger partial charge in [0.2, 0.25) is 0 Å². The minimum absolute atomic E-state index is 0.453. The van der Waals surface area contributed by atoms with Gasteiger partial charge in [-0.25, -0.2) is 0 Å². The molecule has 0 aliphatic carbocycles. The van der Waals surface area contributed by atoms with E-state index in [9.17, 15) is 0 Å². The largest absolute Gasteiger partial charge is 0.310 e. The third-order valence-electron chi connectivity index (χ3n) is 3.19. The highest BCUT2D eigenvalue weighted by molar-refractivity contribution is 9.10. The molecule has 0 fully saturated rings. The van der Waals surface area contributed by atoms with Crippen molar-refractivity contribution in [2.24, 2.45) is 0 Å². The van der Waals surface area contributed by atoms with Crippen molar-refractivity contribution in [3.05, 3.63) is 44.7 Å². The second kappa shape index (κ2) is 7.60. The molecule has 1 heterocycles. The second-order valence-electron chi connectivity index (χ2n) is 4.73. The zero-order chi connectivity index (χ0) is 14.5. The molecule has 1 aromatic carbocycles. The molecule has 4 heteroatoms. The van der Waals surface area contributed by atoms with Crippen LogP contribution in [0.5, 0.6) is 0 Å². The fourth-order valence-corrected chi connectivity index (χ4v) is 4.04. The molecule has 0 aliphatic heterocycles. The van der Waals surface area contributed by atoms with Crippen molar-refractivity contribution in [1.82, 2.24) is 5.32 Å². The molecule has 0 saturated carbocycles. The summed E-state index contributed by atoms with van der Waals surface area (Å²) in [5, 5.41) is 4.36. The Morgan fingerprint density at radius 2 is 2.05 bits per heavy atom. The van der Waals surface area contributed by atoms with Crippen LogP contribution in [0.4, 0.5) is 0 Å². The standard InChI is InChI=1S/C16H19BrClNS/c1-3-5-14(19-4-2)16-9-8-15(20-16)12-10-11(17)6-7-13(12)18/h6-10,14,19H,3-5H2,1-2H3. The molecule has 1 atom stereocenters. The molecular weight excluding hydrogens is 354 g/mol. The van der Waals surface area contributed by atoms with Gasteiger partial charge >= 0.3 is 0 Å². The molecule has 1 aromatic heterocycles. The Balaban J connectivity index is 2.29. The summed E-state index contributed by atoms with van der Waals surface area (Å²) in [7, 11) is 0. The predicted octanol–water partition coefficient (Wildman–Crippen LogP) is 6.28. The highest BCUT2D eigenvalue weighted by atomic mass is 79.9. The SMILES string of the molecule is CCCC(NCC)c1ccc(-c2cc(Br)ccc2Cl)s1. The maximum Gasteiger partial charge on any atom is 0.0493 e. The predicted molar refractivity (Wildman–Crippen MR) is 93.8 cm³/mol. The van der Waals surface area contributed by atoms with E-state index < -0.39 is 0 Å². The molecule has 108 valence electrons. The van der Waals surface area contributed by atoms with Gasteiger partial charge in [-0.15, -0.1) is 11.3 Å². The summed E-state index contributed by atoms with van der Waals surface area (Å²) in [5.41, 5.74) is 1.10. The number of hydrogen-bond donors (Lipinski definition) is 1. The maximum atomic E-state index is 6.31. The number of nitrogens with one attached hydrogen (secondary N) is 1. The van der Waals surface area contributed by atoms with E-state index in [0.717, 1.165) is 21.6 Å². The van der Waals surface area contributed by atoms with Crippen LogP contribution < -0.4 is 5.32 Å². The first-order valence-corrected chi connectivity index (χ1v) is 8.93. The number of hydrogen-bond acceptors (Lipinski definition) is 2. The smallest absolute Gasteiger partial charge is 0.0493 e. The van der Waals surface area contributed by atoms with Crippen LogP contribution in [0.3, 0.4) is 0 Å². The molecule has 0 spiro atoms. The average Bonchev–Trinajstić information content (AvgIpc) is 2.91. The van der Waals surface area contributed by atoms with E-state index in [-0.39, 0.29) is 0 Å². The van der Waals surface area contributed by atoms with Crippen molar-refractivity contribution >= 4 is 38.9 Å². The van der Waals surface area contributed by atoms with Crippen molar-refractivity contribution in [3.63, 3.8) is 0 Å². The number of benzene rings is 1. The molecule has 1 N–H and O–H groups in total. The lowest BCUT2D eigenvalue weighted by Gasteiger charge is -2.15. The van der Waals surface area contributed by atoms with Crippen molar-refractivity contribution < 1.29 is 0 Å². The Bertz CT molecular complexity index is 561. The first kappa shape index (κ1) is 16.0. The lowest BCUT2D eigenvalue weighted by molar-refractivity contribution is 0.516. The van der Waals surface area contributed by atoms with E-state index in [1.807, 2.05) is 23.5 Å². The van der Waals surface area contributed by atoms with Crippen LogP contribution in [0.25, 0.3) is 10.4 Å². The quantitative estimate of drug-likeness (QED) is 0.629. The lowest BCUT2D eigenvalue weighted by atomic mass is 10.1. The molecule has 0 bridgehead atoms. The molecule has 1 unspecified atom stereocenters. The maximum absolute atomic E-state index is 6.31. The fourth-order valence-electron chi connectivity index (χ4n) is 2.25. The summed E-state index contributed by atoms with van der Waals surface area (Å²) in [6.45, 7) is 5.38. The van der Waals surface area contributed by atoms with Crippen LogP contribution in [0.2, 0.25) is 5.02 Å². The lowest BCUT2D eigenvalue weighted by Crippen LogP contribution is -2.19. The summed E-state index contributed by atoms with van der Waals surface area (Å²) in [6, 6.07) is 10.8. The Morgan fingerprint density at radius 1 is 1.25 bits per heavy atom. The van der Waals surface area contributed by atoms with Gasteiger partial charge in [-0.05, 0) is 43.3 Å². The topological polar surface area (TPSA) is 12.0 Å². The summed E-state index contributed by atoms with van der Waals surface area (Å²) < 4.78 is 1.06. The van der Waals surface area contributed by atoms with Gasteiger partial charge in [-0.1, -0.05) is 47.8 Å². The number of rotatable bonds is 6. The molecule has 0 aliphatic rings. The summed E-state index contributed by atoms with van der Waals surface area (Å²) in [6.07, 6.45) is 2.35. The molecule has 0 radical (unpaired) electrons. The Kier molecular flexibility index (Phi) is 6.09. The van der Waals surface area contributed by atoms with Gasteiger partial charge in [0.05, 0.1) is 0 Å². The van der Waals surface area contributed by atoms with E-state index in [2.05, 4.69) is 53.3 Å². The molecule has 20 heavy (non-hydrogen) atoms. The van der Waals surface area contributed by atoms with Gasteiger partial charge in [0, 0.05) is 30.9 Å². The normalized spacial score (nSPS) is 12.6. The first-order valence-electron chi connectivity index (χ1n) is 6.94. The van der Waals surface area contributed by atoms with Crippen LogP contribution in [-0.4, -0.2) is 6.54 Å². The highest BCUT2D eigenvalue weighted by Crippen LogP contribution is 2.37. The molecule has 2 aromatic rings. The third kappa shape index (κ3) is 3.85. The van der Waals surface area contributed by atoms with E-state index in [1.165, 1.54) is 22.6 Å². The molecule has 1 nitrogen and oxygen atoms in total. The van der Waals surface area contributed by atoms with Crippen LogP contribution in [0, 0.1) is 0 Å². The van der Waals surface area contributed by atoms with Crippen LogP contribution in [-0.2, 0) is 0 Å². The van der Waals surface area contributed by atoms with Gasteiger partial charge in [-0.2, -0.15) is 0 Å². The fraction of sp³-hybridized carbons (Fsp3) is 0.375. The van der Waals surface area contributed by atoms with Crippen LogP contribution in [0.1, 0.15) is 37.6 Å². The molecule has 0 saturated heterocycles. The second-order valence-corrected chi connectivity index (χ2v) is 7.16. The zero-order valence-electron chi connectivity index (χ0n) is 11.7. The van der Waals surface area contributed by atoms with Gasteiger partial charge in [0.25, 0.3) is 0 Å². The van der Waals surface area contributed by atoms with Crippen molar-refractivity contribution in [3.8, 4) is 10.4 Å². The highest BCUT2D eigenvalue weighted by Gasteiger charge is 2.14. The summed E-state index contributed by atoms with van der Waals surface area (Å²) >= 11 is 11.7. The monoisotopic (exact) mass is 371 g/mol.